The summed E-state index contributed by atoms with van der Waals surface area (Å²) in [6, 6.07) is 4.49. The van der Waals surface area contributed by atoms with Crippen molar-refractivity contribution < 1.29 is 19.8 Å². The van der Waals surface area contributed by atoms with Gasteiger partial charge in [0.25, 0.3) is 5.91 Å². The van der Waals surface area contributed by atoms with Crippen molar-refractivity contribution in [3.8, 4) is 5.75 Å². The van der Waals surface area contributed by atoms with Gasteiger partial charge in [-0.05, 0) is 32.0 Å². The van der Waals surface area contributed by atoms with E-state index in [2.05, 4.69) is 21.2 Å². The van der Waals surface area contributed by atoms with E-state index >= 15 is 0 Å². The Bertz CT molecular complexity index is 485. The average molecular weight is 316 g/mol. The molecule has 0 saturated heterocycles. The van der Waals surface area contributed by atoms with Crippen molar-refractivity contribution in [1.82, 2.24) is 5.32 Å². The SMILES string of the molecule is CC(C)(CC(=O)O)NC(=O)c1ccc(Br)cc1O. The van der Waals surface area contributed by atoms with Crippen LogP contribution in [-0.4, -0.2) is 27.6 Å². The van der Waals surface area contributed by atoms with Crippen LogP contribution in [0.1, 0.15) is 30.6 Å². The van der Waals surface area contributed by atoms with Gasteiger partial charge in [0.15, 0.2) is 0 Å². The van der Waals surface area contributed by atoms with Gasteiger partial charge in [-0.25, -0.2) is 0 Å². The standard InChI is InChI=1S/C12H14BrNO4/c1-12(2,6-10(16)17)14-11(18)8-4-3-7(13)5-9(8)15/h3-5,15H,6H2,1-2H3,(H,14,18)(H,16,17). The Morgan fingerprint density at radius 2 is 2.00 bits per heavy atom. The summed E-state index contributed by atoms with van der Waals surface area (Å²) in [6.07, 6.45) is -0.198. The number of hydrogen-bond donors (Lipinski definition) is 3. The number of aromatic hydroxyl groups is 1. The lowest BCUT2D eigenvalue weighted by molar-refractivity contribution is -0.138. The third-order valence-electron chi connectivity index (χ3n) is 2.25. The normalized spacial score (nSPS) is 11.1. The highest BCUT2D eigenvalue weighted by Crippen LogP contribution is 2.23. The minimum atomic E-state index is -1.000. The van der Waals surface area contributed by atoms with Gasteiger partial charge in [-0.1, -0.05) is 15.9 Å². The summed E-state index contributed by atoms with van der Waals surface area (Å²) in [5.74, 6) is -1.67. The van der Waals surface area contributed by atoms with E-state index in [1.807, 2.05) is 0 Å². The number of carboxylic acid groups (broad SMARTS) is 1. The van der Waals surface area contributed by atoms with Crippen molar-refractivity contribution in [3.63, 3.8) is 0 Å². The molecule has 1 rings (SSSR count). The number of phenolic OH excluding ortho intramolecular Hbond substituents is 1. The van der Waals surface area contributed by atoms with Gasteiger partial charge in [-0.3, -0.25) is 9.59 Å². The molecular formula is C12H14BrNO4. The number of phenols is 1. The predicted octanol–water partition coefficient (Wildman–Crippen LogP) is 2.14. The number of carbonyl (C=O) groups excluding carboxylic acids is 1. The van der Waals surface area contributed by atoms with E-state index < -0.39 is 17.4 Å². The van der Waals surface area contributed by atoms with Crippen molar-refractivity contribution in [2.45, 2.75) is 25.8 Å². The van der Waals surface area contributed by atoms with E-state index in [0.717, 1.165) is 0 Å². The molecule has 0 saturated carbocycles. The van der Waals surface area contributed by atoms with Crippen LogP contribution >= 0.6 is 15.9 Å². The summed E-state index contributed by atoms with van der Waals surface area (Å²) < 4.78 is 0.654. The van der Waals surface area contributed by atoms with Gasteiger partial charge >= 0.3 is 5.97 Å². The van der Waals surface area contributed by atoms with Crippen LogP contribution in [0.5, 0.6) is 5.75 Å². The fraction of sp³-hybridized carbons (Fsp3) is 0.333. The van der Waals surface area contributed by atoms with Gasteiger partial charge in [-0.15, -0.1) is 0 Å². The molecule has 1 aromatic carbocycles. The van der Waals surface area contributed by atoms with E-state index in [4.69, 9.17) is 5.11 Å². The van der Waals surface area contributed by atoms with Crippen LogP contribution in [0.25, 0.3) is 0 Å². The smallest absolute Gasteiger partial charge is 0.305 e. The van der Waals surface area contributed by atoms with Crippen molar-refractivity contribution >= 4 is 27.8 Å². The summed E-state index contributed by atoms with van der Waals surface area (Å²) >= 11 is 3.17. The van der Waals surface area contributed by atoms with Crippen LogP contribution in [0.4, 0.5) is 0 Å². The molecule has 0 aliphatic rings. The highest BCUT2D eigenvalue weighted by atomic mass is 79.9. The topological polar surface area (TPSA) is 86.6 Å². The first kappa shape index (κ1) is 14.5. The average Bonchev–Trinajstić information content (AvgIpc) is 2.13. The number of amides is 1. The van der Waals surface area contributed by atoms with Gasteiger partial charge in [0.2, 0.25) is 0 Å². The molecule has 3 N–H and O–H groups in total. The summed E-state index contributed by atoms with van der Waals surface area (Å²) in [5.41, 5.74) is -0.778. The first-order valence-corrected chi connectivity index (χ1v) is 6.03. The Morgan fingerprint density at radius 1 is 1.39 bits per heavy atom. The van der Waals surface area contributed by atoms with Crippen LogP contribution in [0, 0.1) is 0 Å². The first-order chi connectivity index (χ1) is 8.21. The van der Waals surface area contributed by atoms with Crippen molar-refractivity contribution in [2.75, 3.05) is 0 Å². The lowest BCUT2D eigenvalue weighted by atomic mass is 10.00. The van der Waals surface area contributed by atoms with Crippen LogP contribution in [-0.2, 0) is 4.79 Å². The molecule has 6 heteroatoms. The number of hydrogen-bond acceptors (Lipinski definition) is 3. The molecule has 0 aliphatic carbocycles. The number of benzene rings is 1. The highest BCUT2D eigenvalue weighted by Gasteiger charge is 2.25. The van der Waals surface area contributed by atoms with Gasteiger partial charge < -0.3 is 15.5 Å². The Kier molecular flexibility index (Phi) is 4.34. The molecule has 0 radical (unpaired) electrons. The Morgan fingerprint density at radius 3 is 2.50 bits per heavy atom. The van der Waals surface area contributed by atoms with Gasteiger partial charge in [0.1, 0.15) is 5.75 Å². The van der Waals surface area contributed by atoms with Crippen LogP contribution in [0.2, 0.25) is 0 Å². The summed E-state index contributed by atoms with van der Waals surface area (Å²) in [6.45, 7) is 3.21. The highest BCUT2D eigenvalue weighted by molar-refractivity contribution is 9.10. The molecule has 0 aromatic heterocycles. The number of rotatable bonds is 4. The van der Waals surface area contributed by atoms with Crippen LogP contribution in [0.15, 0.2) is 22.7 Å². The molecule has 0 fully saturated rings. The molecule has 98 valence electrons. The van der Waals surface area contributed by atoms with Crippen molar-refractivity contribution in [1.29, 1.82) is 0 Å². The minimum Gasteiger partial charge on any atom is -0.507 e. The molecule has 0 unspecified atom stereocenters. The van der Waals surface area contributed by atoms with Crippen LogP contribution < -0.4 is 5.32 Å². The first-order valence-electron chi connectivity index (χ1n) is 5.24. The zero-order chi connectivity index (χ0) is 13.9. The second-order valence-electron chi connectivity index (χ2n) is 4.57. The molecule has 0 aliphatic heterocycles. The molecule has 0 spiro atoms. The van der Waals surface area contributed by atoms with E-state index in [0.29, 0.717) is 4.47 Å². The maximum Gasteiger partial charge on any atom is 0.305 e. The monoisotopic (exact) mass is 315 g/mol. The van der Waals surface area contributed by atoms with E-state index in [1.165, 1.54) is 12.1 Å². The molecule has 1 aromatic rings. The Hall–Kier alpha value is -1.56. The molecule has 18 heavy (non-hydrogen) atoms. The van der Waals surface area contributed by atoms with Crippen molar-refractivity contribution in [3.05, 3.63) is 28.2 Å². The van der Waals surface area contributed by atoms with E-state index in [9.17, 15) is 14.7 Å². The fourth-order valence-corrected chi connectivity index (χ4v) is 1.84. The third kappa shape index (κ3) is 4.03. The molecular weight excluding hydrogens is 302 g/mol. The summed E-state index contributed by atoms with van der Waals surface area (Å²) in [7, 11) is 0. The second kappa shape index (κ2) is 5.39. The maximum atomic E-state index is 11.9. The van der Waals surface area contributed by atoms with Crippen molar-refractivity contribution in [2.24, 2.45) is 0 Å². The molecule has 5 nitrogen and oxygen atoms in total. The Labute approximate surface area is 113 Å². The summed E-state index contributed by atoms with van der Waals surface area (Å²) in [4.78, 5) is 22.5. The number of nitrogens with one attached hydrogen (secondary N) is 1. The number of carboxylic acids is 1. The lowest BCUT2D eigenvalue weighted by Gasteiger charge is -2.24. The number of carbonyl (C=O) groups is 2. The van der Waals surface area contributed by atoms with Crippen LogP contribution in [0.3, 0.4) is 0 Å². The predicted molar refractivity (Wildman–Crippen MR) is 69.6 cm³/mol. The van der Waals surface area contributed by atoms with Gasteiger partial charge in [0.05, 0.1) is 12.0 Å². The Balaban J connectivity index is 2.85. The second-order valence-corrected chi connectivity index (χ2v) is 5.49. The lowest BCUT2D eigenvalue weighted by Crippen LogP contribution is -2.44. The fourth-order valence-electron chi connectivity index (χ4n) is 1.49. The maximum absolute atomic E-state index is 11.9. The molecule has 0 bridgehead atoms. The number of halogens is 1. The van der Waals surface area contributed by atoms with E-state index in [1.54, 1.807) is 19.9 Å². The minimum absolute atomic E-state index is 0.108. The number of aliphatic carboxylic acids is 1. The van der Waals surface area contributed by atoms with Gasteiger partial charge in [0, 0.05) is 10.0 Å². The quantitative estimate of drug-likeness (QED) is 0.794. The van der Waals surface area contributed by atoms with Gasteiger partial charge in [-0.2, -0.15) is 0 Å². The summed E-state index contributed by atoms with van der Waals surface area (Å²) in [5, 5.41) is 20.9. The molecule has 1 amide bonds. The van der Waals surface area contributed by atoms with E-state index in [-0.39, 0.29) is 17.7 Å². The largest absolute Gasteiger partial charge is 0.507 e. The zero-order valence-electron chi connectivity index (χ0n) is 10.0. The molecule has 0 heterocycles. The zero-order valence-corrected chi connectivity index (χ0v) is 11.6. The third-order valence-corrected chi connectivity index (χ3v) is 2.74. The molecule has 0 atom stereocenters.